The Morgan fingerprint density at radius 2 is 2.07 bits per heavy atom. The zero-order valence-corrected chi connectivity index (χ0v) is 14.4. The van der Waals surface area contributed by atoms with E-state index < -0.39 is 0 Å². The Hall–Kier alpha value is -3.62. The van der Waals surface area contributed by atoms with Gasteiger partial charge >= 0.3 is 0 Å². The maximum atomic E-state index is 12.6. The Kier molecular flexibility index (Phi) is 3.63. The molecule has 0 bridgehead atoms. The van der Waals surface area contributed by atoms with E-state index >= 15 is 0 Å². The van der Waals surface area contributed by atoms with Gasteiger partial charge in [-0.3, -0.25) is 14.2 Å². The number of amides is 1. The minimum absolute atomic E-state index is 0.00995. The predicted octanol–water partition coefficient (Wildman–Crippen LogP) is 1.08. The topological polar surface area (TPSA) is 101 Å². The van der Waals surface area contributed by atoms with Gasteiger partial charge in [0, 0.05) is 31.5 Å². The monoisotopic (exact) mass is 360 g/mol. The van der Waals surface area contributed by atoms with E-state index in [1.807, 2.05) is 34.9 Å². The molecule has 5 rings (SSSR count). The van der Waals surface area contributed by atoms with Crippen LogP contribution in [0.1, 0.15) is 16.9 Å². The van der Waals surface area contributed by atoms with Crippen LogP contribution in [0.25, 0.3) is 16.7 Å². The lowest BCUT2D eigenvalue weighted by Crippen LogP contribution is -2.37. The van der Waals surface area contributed by atoms with E-state index in [9.17, 15) is 4.79 Å². The van der Waals surface area contributed by atoms with Crippen molar-refractivity contribution in [1.82, 2.24) is 34.9 Å². The molecule has 1 atom stereocenters. The number of carbonyl (C=O) groups excluding carboxylic acids is 1. The number of rotatable bonds is 3. The molecule has 4 heterocycles. The maximum absolute atomic E-state index is 12.6. The lowest BCUT2D eigenvalue weighted by Gasteiger charge is -2.18. The Morgan fingerprint density at radius 3 is 3.00 bits per heavy atom. The van der Waals surface area contributed by atoms with Crippen molar-refractivity contribution in [1.29, 1.82) is 0 Å². The average Bonchev–Trinajstić information content (AvgIpc) is 3.36. The second-order valence-electron chi connectivity index (χ2n) is 6.46. The minimum Gasteiger partial charge on any atom is -0.351 e. The van der Waals surface area contributed by atoms with Gasteiger partial charge in [-0.1, -0.05) is 12.1 Å². The van der Waals surface area contributed by atoms with Crippen molar-refractivity contribution in [2.24, 2.45) is 0 Å². The quantitative estimate of drug-likeness (QED) is 0.583. The van der Waals surface area contributed by atoms with Crippen molar-refractivity contribution in [3.63, 3.8) is 0 Å². The first-order valence-electron chi connectivity index (χ1n) is 8.70. The maximum Gasteiger partial charge on any atom is 0.271 e. The van der Waals surface area contributed by atoms with E-state index in [-0.39, 0.29) is 11.9 Å². The van der Waals surface area contributed by atoms with Gasteiger partial charge in [-0.2, -0.15) is 0 Å². The van der Waals surface area contributed by atoms with Crippen LogP contribution in [0.2, 0.25) is 0 Å². The van der Waals surface area contributed by atoms with E-state index in [0.29, 0.717) is 23.4 Å². The highest BCUT2D eigenvalue weighted by Crippen LogP contribution is 2.21. The van der Waals surface area contributed by atoms with Gasteiger partial charge in [0.05, 0.1) is 17.2 Å². The van der Waals surface area contributed by atoms with Crippen LogP contribution < -0.4 is 10.2 Å². The number of para-hydroxylation sites is 2. The fraction of sp³-hybridized carbons (Fsp3) is 0.222. The van der Waals surface area contributed by atoms with E-state index in [4.69, 9.17) is 0 Å². The number of hydrogen-bond donors (Lipinski definition) is 1. The standard InChI is InChI=1S/C18H16N8O/c27-18(15-9-20-13-3-1-2-4-14(13)23-15)22-12-5-7-25(10-12)16-17-24-21-11-26(17)8-6-19-16/h1-4,6,8-9,11-12H,5,7,10H2,(H,22,27)/t12-/m0/s1. The van der Waals surface area contributed by atoms with Crippen molar-refractivity contribution in [2.75, 3.05) is 18.0 Å². The van der Waals surface area contributed by atoms with Crippen LogP contribution in [0.5, 0.6) is 0 Å². The van der Waals surface area contributed by atoms with Crippen molar-refractivity contribution < 1.29 is 4.79 Å². The fourth-order valence-corrected chi connectivity index (χ4v) is 3.36. The molecule has 4 aromatic rings. The molecule has 1 fully saturated rings. The highest BCUT2D eigenvalue weighted by Gasteiger charge is 2.27. The largest absolute Gasteiger partial charge is 0.351 e. The van der Waals surface area contributed by atoms with Crippen molar-refractivity contribution in [2.45, 2.75) is 12.5 Å². The van der Waals surface area contributed by atoms with Gasteiger partial charge in [0.15, 0.2) is 5.82 Å². The van der Waals surface area contributed by atoms with E-state index in [2.05, 4.69) is 35.4 Å². The van der Waals surface area contributed by atoms with Crippen molar-refractivity contribution >= 4 is 28.4 Å². The average molecular weight is 360 g/mol. The number of anilines is 1. The fourth-order valence-electron chi connectivity index (χ4n) is 3.36. The number of carbonyl (C=O) groups is 1. The molecule has 0 aliphatic carbocycles. The van der Waals surface area contributed by atoms with E-state index in [1.165, 1.54) is 6.20 Å². The summed E-state index contributed by atoms with van der Waals surface area (Å²) in [6.07, 6.45) is 7.52. The minimum atomic E-state index is -0.214. The lowest BCUT2D eigenvalue weighted by atomic mass is 10.2. The van der Waals surface area contributed by atoms with Crippen molar-refractivity contribution in [3.05, 3.63) is 54.9 Å². The van der Waals surface area contributed by atoms with Gasteiger partial charge in [0.25, 0.3) is 5.91 Å². The third-order valence-electron chi connectivity index (χ3n) is 4.70. The second kappa shape index (κ2) is 6.27. The molecule has 134 valence electrons. The molecule has 3 aromatic heterocycles. The SMILES string of the molecule is O=C(N[C@H]1CCN(c2nccn3cnnc23)C1)c1cnc2ccccc2n1. The van der Waals surface area contributed by atoms with Crippen LogP contribution in [0.15, 0.2) is 49.2 Å². The van der Waals surface area contributed by atoms with Gasteiger partial charge < -0.3 is 10.2 Å². The summed E-state index contributed by atoms with van der Waals surface area (Å²) >= 11 is 0. The normalized spacial score (nSPS) is 16.9. The van der Waals surface area contributed by atoms with E-state index in [1.54, 1.807) is 12.5 Å². The number of nitrogens with one attached hydrogen (secondary N) is 1. The lowest BCUT2D eigenvalue weighted by molar-refractivity contribution is 0.0935. The van der Waals surface area contributed by atoms with Crippen LogP contribution in [0.3, 0.4) is 0 Å². The highest BCUT2D eigenvalue weighted by atomic mass is 16.2. The van der Waals surface area contributed by atoms with Crippen LogP contribution >= 0.6 is 0 Å². The first kappa shape index (κ1) is 15.6. The second-order valence-corrected chi connectivity index (χ2v) is 6.46. The molecule has 1 N–H and O–H groups in total. The summed E-state index contributed by atoms with van der Waals surface area (Å²) in [5, 5.41) is 11.1. The summed E-state index contributed by atoms with van der Waals surface area (Å²) in [5.41, 5.74) is 2.52. The Labute approximate surface area is 154 Å². The smallest absolute Gasteiger partial charge is 0.271 e. The molecule has 1 aromatic carbocycles. The molecular weight excluding hydrogens is 344 g/mol. The first-order valence-corrected chi connectivity index (χ1v) is 8.70. The predicted molar refractivity (Wildman–Crippen MR) is 98.4 cm³/mol. The molecule has 1 aliphatic rings. The number of benzene rings is 1. The first-order chi connectivity index (χ1) is 13.3. The van der Waals surface area contributed by atoms with E-state index in [0.717, 1.165) is 24.3 Å². The van der Waals surface area contributed by atoms with Crippen LogP contribution in [-0.2, 0) is 0 Å². The van der Waals surface area contributed by atoms with Crippen LogP contribution in [0.4, 0.5) is 5.82 Å². The molecule has 0 unspecified atom stereocenters. The Balaban J connectivity index is 1.31. The molecule has 27 heavy (non-hydrogen) atoms. The Bertz CT molecular complexity index is 1140. The number of aromatic nitrogens is 6. The number of hydrogen-bond acceptors (Lipinski definition) is 7. The zero-order chi connectivity index (χ0) is 18.2. The Morgan fingerprint density at radius 1 is 1.19 bits per heavy atom. The molecule has 9 heteroatoms. The van der Waals surface area contributed by atoms with Gasteiger partial charge in [-0.25, -0.2) is 9.97 Å². The zero-order valence-electron chi connectivity index (χ0n) is 14.4. The summed E-state index contributed by atoms with van der Waals surface area (Å²) < 4.78 is 1.83. The number of fused-ring (bicyclic) bond motifs is 2. The molecule has 0 radical (unpaired) electrons. The van der Waals surface area contributed by atoms with Crippen LogP contribution in [-0.4, -0.2) is 54.6 Å². The summed E-state index contributed by atoms with van der Waals surface area (Å²) in [4.78, 5) is 27.8. The summed E-state index contributed by atoms with van der Waals surface area (Å²) in [6, 6.07) is 7.51. The number of nitrogens with zero attached hydrogens (tertiary/aromatic N) is 7. The molecule has 0 spiro atoms. The third-order valence-corrected chi connectivity index (χ3v) is 4.70. The molecule has 1 saturated heterocycles. The molecular formula is C18H16N8O. The highest BCUT2D eigenvalue weighted by molar-refractivity contribution is 5.94. The summed E-state index contributed by atoms with van der Waals surface area (Å²) in [6.45, 7) is 1.44. The van der Waals surface area contributed by atoms with Gasteiger partial charge in [-0.05, 0) is 18.6 Å². The van der Waals surface area contributed by atoms with Crippen LogP contribution in [0, 0.1) is 0 Å². The molecule has 0 saturated carbocycles. The van der Waals surface area contributed by atoms with Gasteiger partial charge in [-0.15, -0.1) is 10.2 Å². The molecule has 1 amide bonds. The summed E-state index contributed by atoms with van der Waals surface area (Å²) in [7, 11) is 0. The van der Waals surface area contributed by atoms with Gasteiger partial charge in [0.1, 0.15) is 12.0 Å². The van der Waals surface area contributed by atoms with Gasteiger partial charge in [0.2, 0.25) is 5.65 Å². The molecule has 9 nitrogen and oxygen atoms in total. The van der Waals surface area contributed by atoms with Crippen molar-refractivity contribution in [3.8, 4) is 0 Å². The third kappa shape index (κ3) is 2.82. The summed E-state index contributed by atoms with van der Waals surface area (Å²) in [5.74, 6) is 0.561. The molecule has 1 aliphatic heterocycles.